The zero-order valence-electron chi connectivity index (χ0n) is 8.66. The van der Waals surface area contributed by atoms with Crippen molar-refractivity contribution in [3.63, 3.8) is 0 Å². The van der Waals surface area contributed by atoms with E-state index in [-0.39, 0.29) is 12.5 Å². The Labute approximate surface area is 84.6 Å². The summed E-state index contributed by atoms with van der Waals surface area (Å²) in [6, 6.07) is 0. The summed E-state index contributed by atoms with van der Waals surface area (Å²) < 4.78 is 30.7. The van der Waals surface area contributed by atoms with Crippen molar-refractivity contribution in [2.45, 2.75) is 27.2 Å². The van der Waals surface area contributed by atoms with Gasteiger partial charge in [-0.3, -0.25) is 4.79 Å². The second kappa shape index (κ2) is 4.75. The van der Waals surface area contributed by atoms with Crippen LogP contribution in [0.4, 0.5) is 0 Å². The number of nitrogens with one attached hydrogen (secondary N) is 1. The Morgan fingerprint density at radius 2 is 1.93 bits per heavy atom. The smallest absolute Gasteiger partial charge is 0.225 e. The van der Waals surface area contributed by atoms with Gasteiger partial charge in [0, 0.05) is 12.0 Å². The first-order valence-corrected chi connectivity index (χ1v) is 5.98. The average Bonchev–Trinajstić information content (AvgIpc) is 2.02. The first-order chi connectivity index (χ1) is 6.19. The van der Waals surface area contributed by atoms with Crippen LogP contribution in [0.1, 0.15) is 27.2 Å². The lowest BCUT2D eigenvalue weighted by Crippen LogP contribution is -2.38. The first kappa shape index (κ1) is 13.4. The van der Waals surface area contributed by atoms with Crippen LogP contribution in [0, 0.1) is 5.41 Å². The average molecular weight is 222 g/mol. The van der Waals surface area contributed by atoms with Gasteiger partial charge in [-0.25, -0.2) is 8.42 Å². The molecule has 14 heavy (non-hydrogen) atoms. The second-order valence-electron chi connectivity index (χ2n) is 3.76. The standard InChI is InChI=1S/C8H17NO4S/c1-4-8(2,3)7(10)9-5-6-14(11,12)13/h4-6H2,1-3H3,(H,9,10)(H,11,12,13)/p-1. The molecular weight excluding hydrogens is 206 g/mol. The first-order valence-electron chi connectivity index (χ1n) is 4.41. The third-order valence-corrected chi connectivity index (χ3v) is 2.84. The molecule has 0 aromatic carbocycles. The summed E-state index contributed by atoms with van der Waals surface area (Å²) in [5.41, 5.74) is -0.521. The Kier molecular flexibility index (Phi) is 4.54. The van der Waals surface area contributed by atoms with Crippen LogP contribution in [-0.2, 0) is 14.9 Å². The maximum absolute atomic E-state index is 11.4. The van der Waals surface area contributed by atoms with Gasteiger partial charge < -0.3 is 9.87 Å². The largest absolute Gasteiger partial charge is 0.748 e. The number of hydrogen-bond donors (Lipinski definition) is 1. The van der Waals surface area contributed by atoms with E-state index in [9.17, 15) is 17.8 Å². The van der Waals surface area contributed by atoms with Crippen molar-refractivity contribution in [3.05, 3.63) is 0 Å². The molecule has 0 bridgehead atoms. The SMILES string of the molecule is CCC(C)(C)C(=O)NCCS(=O)(=O)[O-]. The van der Waals surface area contributed by atoms with Crippen LogP contribution in [0.5, 0.6) is 0 Å². The van der Waals surface area contributed by atoms with Gasteiger partial charge in [0.15, 0.2) is 0 Å². The van der Waals surface area contributed by atoms with Gasteiger partial charge >= 0.3 is 0 Å². The van der Waals surface area contributed by atoms with E-state index in [1.807, 2.05) is 6.92 Å². The number of carbonyl (C=O) groups is 1. The van der Waals surface area contributed by atoms with E-state index < -0.39 is 21.3 Å². The van der Waals surface area contributed by atoms with Gasteiger partial charge in [0.2, 0.25) is 5.91 Å². The fraction of sp³-hybridized carbons (Fsp3) is 0.875. The number of hydrogen-bond acceptors (Lipinski definition) is 4. The van der Waals surface area contributed by atoms with Crippen molar-refractivity contribution in [2.24, 2.45) is 5.41 Å². The van der Waals surface area contributed by atoms with Gasteiger partial charge in [-0.1, -0.05) is 20.8 Å². The molecule has 0 fully saturated rings. The molecule has 0 unspecified atom stereocenters. The highest BCUT2D eigenvalue weighted by Crippen LogP contribution is 2.18. The topological polar surface area (TPSA) is 86.3 Å². The van der Waals surface area contributed by atoms with Crippen molar-refractivity contribution in [1.82, 2.24) is 5.32 Å². The molecule has 1 amide bonds. The van der Waals surface area contributed by atoms with E-state index in [0.717, 1.165) is 0 Å². The van der Waals surface area contributed by atoms with Crippen molar-refractivity contribution < 1.29 is 17.8 Å². The highest BCUT2D eigenvalue weighted by atomic mass is 32.2. The summed E-state index contributed by atoms with van der Waals surface area (Å²) in [6.45, 7) is 5.26. The molecule has 0 aliphatic carbocycles. The van der Waals surface area contributed by atoms with Gasteiger partial charge in [0.1, 0.15) is 0 Å². The van der Waals surface area contributed by atoms with Gasteiger partial charge in [0.05, 0.1) is 15.9 Å². The van der Waals surface area contributed by atoms with Crippen molar-refractivity contribution in [2.75, 3.05) is 12.3 Å². The molecule has 5 nitrogen and oxygen atoms in total. The van der Waals surface area contributed by atoms with Crippen LogP contribution < -0.4 is 5.32 Å². The van der Waals surface area contributed by atoms with Gasteiger partial charge in [-0.15, -0.1) is 0 Å². The maximum atomic E-state index is 11.4. The zero-order valence-corrected chi connectivity index (χ0v) is 9.48. The van der Waals surface area contributed by atoms with Crippen LogP contribution in [0.2, 0.25) is 0 Å². The molecule has 84 valence electrons. The molecule has 0 saturated carbocycles. The van der Waals surface area contributed by atoms with Gasteiger partial charge in [-0.2, -0.15) is 0 Å². The summed E-state index contributed by atoms with van der Waals surface area (Å²) in [5, 5.41) is 2.41. The Morgan fingerprint density at radius 3 is 2.29 bits per heavy atom. The molecule has 0 atom stereocenters. The van der Waals surface area contributed by atoms with E-state index in [1.165, 1.54) is 0 Å². The molecule has 0 aliphatic rings. The predicted molar refractivity (Wildman–Crippen MR) is 51.6 cm³/mol. The van der Waals surface area contributed by atoms with E-state index in [2.05, 4.69) is 5.32 Å². The summed E-state index contributed by atoms with van der Waals surface area (Å²) in [7, 11) is -4.24. The monoisotopic (exact) mass is 222 g/mol. The van der Waals surface area contributed by atoms with Crippen LogP contribution >= 0.6 is 0 Å². The molecule has 0 aromatic heterocycles. The summed E-state index contributed by atoms with van der Waals surface area (Å²) in [4.78, 5) is 11.4. The molecule has 0 radical (unpaired) electrons. The minimum absolute atomic E-state index is 0.117. The Bertz CT molecular complexity index is 294. The van der Waals surface area contributed by atoms with Crippen LogP contribution in [0.15, 0.2) is 0 Å². The Morgan fingerprint density at radius 1 is 1.43 bits per heavy atom. The molecule has 0 saturated heterocycles. The van der Waals surface area contributed by atoms with Crippen LogP contribution in [-0.4, -0.2) is 31.2 Å². The second-order valence-corrected chi connectivity index (χ2v) is 5.28. The van der Waals surface area contributed by atoms with Crippen LogP contribution in [0.3, 0.4) is 0 Å². The molecule has 0 heterocycles. The van der Waals surface area contributed by atoms with Gasteiger partial charge in [-0.05, 0) is 6.42 Å². The van der Waals surface area contributed by atoms with Crippen molar-refractivity contribution >= 4 is 16.0 Å². The normalized spacial score (nSPS) is 12.6. The highest BCUT2D eigenvalue weighted by molar-refractivity contribution is 7.85. The molecule has 0 spiro atoms. The summed E-state index contributed by atoms with van der Waals surface area (Å²) in [5.74, 6) is -0.790. The molecule has 6 heteroatoms. The lowest BCUT2D eigenvalue weighted by atomic mass is 9.89. The van der Waals surface area contributed by atoms with Crippen molar-refractivity contribution in [1.29, 1.82) is 0 Å². The fourth-order valence-electron chi connectivity index (χ4n) is 0.689. The Hall–Kier alpha value is -0.620. The van der Waals surface area contributed by atoms with E-state index in [0.29, 0.717) is 6.42 Å². The summed E-state index contributed by atoms with van der Waals surface area (Å²) in [6.07, 6.45) is 0.656. The number of rotatable bonds is 5. The molecule has 0 aliphatic heterocycles. The molecule has 1 N–H and O–H groups in total. The number of amides is 1. The quantitative estimate of drug-likeness (QED) is 0.668. The third kappa shape index (κ3) is 5.18. The predicted octanol–water partition coefficient (Wildman–Crippen LogP) is 0.0840. The third-order valence-electron chi connectivity index (χ3n) is 2.14. The fourth-order valence-corrected chi connectivity index (χ4v) is 1.04. The lowest BCUT2D eigenvalue weighted by Gasteiger charge is -2.21. The minimum atomic E-state index is -4.24. The lowest BCUT2D eigenvalue weighted by molar-refractivity contribution is -0.129. The molecule has 0 aromatic rings. The van der Waals surface area contributed by atoms with E-state index in [1.54, 1.807) is 13.8 Å². The van der Waals surface area contributed by atoms with E-state index in [4.69, 9.17) is 0 Å². The zero-order chi connectivity index (χ0) is 11.4. The van der Waals surface area contributed by atoms with Crippen LogP contribution in [0.25, 0.3) is 0 Å². The molecule has 0 rings (SSSR count). The summed E-state index contributed by atoms with van der Waals surface area (Å²) >= 11 is 0. The maximum Gasteiger partial charge on any atom is 0.225 e. The van der Waals surface area contributed by atoms with Gasteiger partial charge in [0.25, 0.3) is 0 Å². The van der Waals surface area contributed by atoms with E-state index >= 15 is 0 Å². The number of carbonyl (C=O) groups excluding carboxylic acids is 1. The molecular formula is C8H16NO4S-. The Balaban J connectivity index is 3.99. The minimum Gasteiger partial charge on any atom is -0.748 e. The highest BCUT2D eigenvalue weighted by Gasteiger charge is 2.24. The van der Waals surface area contributed by atoms with Crippen molar-refractivity contribution in [3.8, 4) is 0 Å².